The van der Waals surface area contributed by atoms with Crippen LogP contribution in [0.4, 0.5) is 11.4 Å². The van der Waals surface area contributed by atoms with Crippen molar-refractivity contribution in [3.8, 4) is 0 Å². The van der Waals surface area contributed by atoms with Crippen molar-refractivity contribution < 1.29 is 0 Å². The third kappa shape index (κ3) is 1.08. The molecule has 1 aromatic carbocycles. The van der Waals surface area contributed by atoms with Crippen LogP contribution >= 0.6 is 15.9 Å². The number of rotatable bonds is 0. The molecule has 0 atom stereocenters. The fraction of sp³-hybridized carbons (Fsp3) is 0.143. The molecule has 2 rings (SSSR count). The van der Waals surface area contributed by atoms with Crippen LogP contribution in [0, 0.1) is 0 Å². The standard InChI is InChI=1S/C7H8BrN3/c1-11-7-3-2-5(8)4-6(7)9-10-11/h2-4,9-10H,1H3. The van der Waals surface area contributed by atoms with Gasteiger partial charge in [0.25, 0.3) is 0 Å². The van der Waals surface area contributed by atoms with E-state index in [0.29, 0.717) is 0 Å². The van der Waals surface area contributed by atoms with Crippen molar-refractivity contribution in [3.05, 3.63) is 22.7 Å². The van der Waals surface area contributed by atoms with E-state index in [9.17, 15) is 0 Å². The second-order valence-corrected chi connectivity index (χ2v) is 3.37. The van der Waals surface area contributed by atoms with Gasteiger partial charge >= 0.3 is 0 Å². The van der Waals surface area contributed by atoms with E-state index in [1.54, 1.807) is 0 Å². The Bertz CT molecular complexity index is 287. The molecule has 3 nitrogen and oxygen atoms in total. The zero-order valence-electron chi connectivity index (χ0n) is 6.06. The molecule has 0 fully saturated rings. The molecule has 0 amide bonds. The average Bonchev–Trinajstić information content (AvgIpc) is 2.32. The Hall–Kier alpha value is -0.740. The molecule has 0 saturated carbocycles. The second kappa shape index (κ2) is 2.39. The topological polar surface area (TPSA) is 27.3 Å². The first kappa shape index (κ1) is 6.94. The van der Waals surface area contributed by atoms with Crippen LogP contribution in [0.1, 0.15) is 0 Å². The summed E-state index contributed by atoms with van der Waals surface area (Å²) in [6.45, 7) is 0. The number of nitrogens with zero attached hydrogens (tertiary/aromatic N) is 1. The summed E-state index contributed by atoms with van der Waals surface area (Å²) in [7, 11) is 1.97. The summed E-state index contributed by atoms with van der Waals surface area (Å²) in [6, 6.07) is 6.10. The van der Waals surface area contributed by atoms with Crippen LogP contribution in [0.3, 0.4) is 0 Å². The molecule has 58 valence electrons. The van der Waals surface area contributed by atoms with Crippen LogP contribution in [0.5, 0.6) is 0 Å². The molecule has 0 bridgehead atoms. The Morgan fingerprint density at radius 1 is 1.45 bits per heavy atom. The number of halogens is 1. The minimum atomic E-state index is 1.08. The number of anilines is 2. The number of hydrazine groups is 2. The van der Waals surface area contributed by atoms with Crippen molar-refractivity contribution in [3.63, 3.8) is 0 Å². The van der Waals surface area contributed by atoms with Gasteiger partial charge in [0, 0.05) is 11.5 Å². The van der Waals surface area contributed by atoms with Crippen molar-refractivity contribution in [2.75, 3.05) is 17.5 Å². The van der Waals surface area contributed by atoms with Crippen molar-refractivity contribution in [1.82, 2.24) is 5.53 Å². The van der Waals surface area contributed by atoms with E-state index in [1.807, 2.05) is 30.3 Å². The van der Waals surface area contributed by atoms with Gasteiger partial charge in [-0.1, -0.05) is 15.9 Å². The smallest absolute Gasteiger partial charge is 0.0780 e. The van der Waals surface area contributed by atoms with Gasteiger partial charge in [-0.15, -0.1) is 5.53 Å². The van der Waals surface area contributed by atoms with E-state index in [4.69, 9.17) is 0 Å². The molecular weight excluding hydrogens is 206 g/mol. The Kier molecular flexibility index (Phi) is 1.51. The zero-order chi connectivity index (χ0) is 7.84. The maximum atomic E-state index is 3.40. The van der Waals surface area contributed by atoms with Gasteiger partial charge in [0.2, 0.25) is 0 Å². The Morgan fingerprint density at radius 3 is 3.09 bits per heavy atom. The van der Waals surface area contributed by atoms with Crippen LogP contribution in [0.15, 0.2) is 22.7 Å². The van der Waals surface area contributed by atoms with Crippen LogP contribution in [-0.2, 0) is 0 Å². The molecule has 2 N–H and O–H groups in total. The van der Waals surface area contributed by atoms with Gasteiger partial charge in [-0.05, 0) is 18.2 Å². The summed E-state index contributed by atoms with van der Waals surface area (Å²) in [5.74, 6) is 0. The minimum absolute atomic E-state index is 1.08. The number of benzene rings is 1. The minimum Gasteiger partial charge on any atom is -0.302 e. The molecule has 1 aliphatic heterocycles. The van der Waals surface area contributed by atoms with E-state index >= 15 is 0 Å². The normalized spacial score (nSPS) is 14.5. The van der Waals surface area contributed by atoms with Gasteiger partial charge < -0.3 is 5.43 Å². The highest BCUT2D eigenvalue weighted by Crippen LogP contribution is 2.30. The lowest BCUT2D eigenvalue weighted by atomic mass is 10.3. The van der Waals surface area contributed by atoms with Crippen LogP contribution in [0.2, 0.25) is 0 Å². The lowest BCUT2D eigenvalue weighted by molar-refractivity contribution is 0.820. The van der Waals surface area contributed by atoms with E-state index in [-0.39, 0.29) is 0 Å². The van der Waals surface area contributed by atoms with E-state index in [1.165, 1.54) is 0 Å². The number of hydrogen-bond donors (Lipinski definition) is 2. The second-order valence-electron chi connectivity index (χ2n) is 2.46. The van der Waals surface area contributed by atoms with Gasteiger partial charge in [-0.2, -0.15) is 0 Å². The Balaban J connectivity index is 2.50. The molecule has 1 aromatic rings. The number of fused-ring (bicyclic) bond motifs is 1. The summed E-state index contributed by atoms with van der Waals surface area (Å²) in [5.41, 5.74) is 8.27. The highest BCUT2D eigenvalue weighted by molar-refractivity contribution is 9.10. The molecule has 1 heterocycles. The highest BCUT2D eigenvalue weighted by atomic mass is 79.9. The largest absolute Gasteiger partial charge is 0.302 e. The lowest BCUT2D eigenvalue weighted by Crippen LogP contribution is -2.31. The summed E-state index contributed by atoms with van der Waals surface area (Å²) >= 11 is 3.40. The van der Waals surface area contributed by atoms with Gasteiger partial charge in [0.05, 0.1) is 11.4 Å². The summed E-state index contributed by atoms with van der Waals surface area (Å²) in [5, 5.41) is 1.93. The quantitative estimate of drug-likeness (QED) is 0.688. The zero-order valence-corrected chi connectivity index (χ0v) is 7.64. The predicted molar refractivity (Wildman–Crippen MR) is 49.3 cm³/mol. The molecule has 0 aliphatic carbocycles. The first-order valence-corrected chi connectivity index (χ1v) is 4.11. The van der Waals surface area contributed by atoms with Gasteiger partial charge in [-0.3, -0.25) is 5.01 Å². The monoisotopic (exact) mass is 213 g/mol. The molecule has 0 spiro atoms. The SMILES string of the molecule is CN1NNc2cc(Br)ccc21. The van der Waals surface area contributed by atoms with Crippen molar-refractivity contribution in [2.45, 2.75) is 0 Å². The molecular formula is C7H8BrN3. The van der Waals surface area contributed by atoms with Crippen LogP contribution < -0.4 is 16.0 Å². The molecule has 0 saturated heterocycles. The Labute approximate surface area is 73.5 Å². The summed E-state index contributed by atoms with van der Waals surface area (Å²) in [6.07, 6.45) is 0. The van der Waals surface area contributed by atoms with Crippen LogP contribution in [-0.4, -0.2) is 7.05 Å². The van der Waals surface area contributed by atoms with Gasteiger partial charge in [-0.25, -0.2) is 0 Å². The molecule has 0 radical (unpaired) electrons. The summed E-state index contributed by atoms with van der Waals surface area (Å²) < 4.78 is 1.08. The molecule has 4 heteroatoms. The fourth-order valence-electron chi connectivity index (χ4n) is 1.11. The molecule has 0 unspecified atom stereocenters. The van der Waals surface area contributed by atoms with Gasteiger partial charge in [0.15, 0.2) is 0 Å². The lowest BCUT2D eigenvalue weighted by Gasteiger charge is -2.08. The van der Waals surface area contributed by atoms with E-state index in [0.717, 1.165) is 15.8 Å². The van der Waals surface area contributed by atoms with Crippen LogP contribution in [0.25, 0.3) is 0 Å². The first-order chi connectivity index (χ1) is 5.27. The van der Waals surface area contributed by atoms with Crippen molar-refractivity contribution in [2.24, 2.45) is 0 Å². The van der Waals surface area contributed by atoms with E-state index in [2.05, 4.69) is 26.9 Å². The number of hydrogen-bond acceptors (Lipinski definition) is 3. The maximum absolute atomic E-state index is 3.40. The first-order valence-electron chi connectivity index (χ1n) is 3.32. The molecule has 0 aromatic heterocycles. The molecule has 11 heavy (non-hydrogen) atoms. The molecule has 1 aliphatic rings. The highest BCUT2D eigenvalue weighted by Gasteiger charge is 2.13. The van der Waals surface area contributed by atoms with Crippen molar-refractivity contribution in [1.29, 1.82) is 0 Å². The predicted octanol–water partition coefficient (Wildman–Crippen LogP) is 1.73. The number of nitrogens with one attached hydrogen (secondary N) is 2. The van der Waals surface area contributed by atoms with Crippen molar-refractivity contribution >= 4 is 27.3 Å². The average molecular weight is 214 g/mol. The van der Waals surface area contributed by atoms with Gasteiger partial charge in [0.1, 0.15) is 0 Å². The maximum Gasteiger partial charge on any atom is 0.0780 e. The Morgan fingerprint density at radius 2 is 2.27 bits per heavy atom. The summed E-state index contributed by atoms with van der Waals surface area (Å²) in [4.78, 5) is 0. The third-order valence-corrected chi connectivity index (χ3v) is 2.17. The third-order valence-electron chi connectivity index (χ3n) is 1.68. The fourth-order valence-corrected chi connectivity index (χ4v) is 1.47. The van der Waals surface area contributed by atoms with E-state index < -0.39 is 0 Å².